The first-order valence-corrected chi connectivity index (χ1v) is 7.13. The summed E-state index contributed by atoms with van der Waals surface area (Å²) in [4.78, 5) is 4.04. The second kappa shape index (κ2) is 5.75. The molecule has 0 bridgehead atoms. The van der Waals surface area contributed by atoms with Crippen LogP contribution in [0.25, 0.3) is 0 Å². The fourth-order valence-corrected chi connectivity index (χ4v) is 2.10. The van der Waals surface area contributed by atoms with Gasteiger partial charge in [-0.1, -0.05) is 0 Å². The molecule has 2 aromatic heterocycles. The lowest BCUT2D eigenvalue weighted by Gasteiger charge is -2.04. The molecule has 0 unspecified atom stereocenters. The van der Waals surface area contributed by atoms with Gasteiger partial charge in [0.2, 0.25) is 0 Å². The van der Waals surface area contributed by atoms with Gasteiger partial charge in [0.1, 0.15) is 23.9 Å². The Morgan fingerprint density at radius 1 is 1.32 bits per heavy atom. The molecular weight excluding hydrogens is 308 g/mol. The van der Waals surface area contributed by atoms with Crippen LogP contribution in [0.5, 0.6) is 5.75 Å². The molecule has 1 N–H and O–H groups in total. The average Bonchev–Trinajstić information content (AvgIpc) is 3.13. The van der Waals surface area contributed by atoms with Crippen molar-refractivity contribution in [2.24, 2.45) is 0 Å². The quantitative estimate of drug-likeness (QED) is 0.886. The van der Waals surface area contributed by atoms with Crippen LogP contribution in [0.1, 0.15) is 24.4 Å². The Morgan fingerprint density at radius 3 is 2.95 bits per heavy atom. The number of pyridine rings is 1. The van der Waals surface area contributed by atoms with Gasteiger partial charge in [0.05, 0.1) is 12.7 Å². The molecule has 2 heterocycles. The maximum absolute atomic E-state index is 5.69. The summed E-state index contributed by atoms with van der Waals surface area (Å²) in [5, 5.41) is 3.42. The van der Waals surface area contributed by atoms with Crippen LogP contribution >= 0.6 is 15.9 Å². The molecule has 1 aliphatic rings. The maximum Gasteiger partial charge on any atom is 0.146 e. The Morgan fingerprint density at radius 2 is 2.16 bits per heavy atom. The fourth-order valence-electron chi connectivity index (χ4n) is 1.75. The van der Waals surface area contributed by atoms with Crippen LogP contribution in [0.2, 0.25) is 0 Å². The Balaban J connectivity index is 1.51. The third-order valence-electron chi connectivity index (χ3n) is 2.92. The molecule has 4 nitrogen and oxygen atoms in total. The van der Waals surface area contributed by atoms with Crippen molar-refractivity contribution < 1.29 is 9.15 Å². The molecule has 0 atom stereocenters. The number of aromatic nitrogens is 1. The second-order valence-corrected chi connectivity index (χ2v) is 5.57. The molecule has 0 spiro atoms. The highest BCUT2D eigenvalue weighted by Gasteiger charge is 2.20. The number of nitrogens with zero attached hydrogens (tertiary/aromatic N) is 1. The number of rotatable bonds is 6. The Kier molecular flexibility index (Phi) is 3.84. The van der Waals surface area contributed by atoms with Gasteiger partial charge in [-0.2, -0.15) is 0 Å². The number of ether oxygens (including phenoxy) is 1. The minimum atomic E-state index is 0.418. The predicted octanol–water partition coefficient (Wildman–Crippen LogP) is 3.27. The van der Waals surface area contributed by atoms with Crippen LogP contribution in [-0.2, 0) is 13.2 Å². The van der Waals surface area contributed by atoms with E-state index in [-0.39, 0.29) is 0 Å². The van der Waals surface area contributed by atoms with Crippen LogP contribution in [0.3, 0.4) is 0 Å². The van der Waals surface area contributed by atoms with Gasteiger partial charge in [-0.05, 0) is 47.0 Å². The van der Waals surface area contributed by atoms with E-state index >= 15 is 0 Å². The van der Waals surface area contributed by atoms with E-state index in [2.05, 4.69) is 26.2 Å². The van der Waals surface area contributed by atoms with Gasteiger partial charge in [-0.3, -0.25) is 4.98 Å². The molecule has 1 aliphatic carbocycles. The smallest absolute Gasteiger partial charge is 0.146 e. The average molecular weight is 323 g/mol. The summed E-state index contributed by atoms with van der Waals surface area (Å²) >= 11 is 3.36. The van der Waals surface area contributed by atoms with Gasteiger partial charge in [0.15, 0.2) is 0 Å². The summed E-state index contributed by atoms with van der Waals surface area (Å²) in [5.74, 6) is 2.51. The molecule has 1 fully saturated rings. The van der Waals surface area contributed by atoms with Gasteiger partial charge in [0.25, 0.3) is 0 Å². The Labute approximate surface area is 120 Å². The van der Waals surface area contributed by atoms with E-state index in [1.54, 1.807) is 12.4 Å². The first kappa shape index (κ1) is 12.7. The van der Waals surface area contributed by atoms with Gasteiger partial charge in [0, 0.05) is 16.7 Å². The van der Waals surface area contributed by atoms with E-state index in [1.165, 1.54) is 12.8 Å². The van der Waals surface area contributed by atoms with Gasteiger partial charge in [-0.15, -0.1) is 0 Å². The van der Waals surface area contributed by atoms with Gasteiger partial charge >= 0.3 is 0 Å². The van der Waals surface area contributed by atoms with Crippen molar-refractivity contribution in [2.75, 3.05) is 0 Å². The SMILES string of the molecule is Brc1cncc(OCc2ccc(CNC3CC3)o2)c1. The standard InChI is InChI=1S/C14H15BrN2O2/c15-10-5-14(7-16-6-10)18-9-13-4-3-12(19-13)8-17-11-1-2-11/h3-7,11,17H,1-2,8-9H2. The van der Waals surface area contributed by atoms with E-state index in [4.69, 9.17) is 9.15 Å². The van der Waals surface area contributed by atoms with Crippen molar-refractivity contribution in [1.82, 2.24) is 10.3 Å². The molecule has 0 radical (unpaired) electrons. The van der Waals surface area contributed by atoms with Gasteiger partial charge < -0.3 is 14.5 Å². The van der Waals surface area contributed by atoms with Crippen molar-refractivity contribution in [1.29, 1.82) is 0 Å². The predicted molar refractivity (Wildman–Crippen MR) is 74.8 cm³/mol. The molecule has 0 aliphatic heterocycles. The zero-order valence-corrected chi connectivity index (χ0v) is 12.0. The van der Waals surface area contributed by atoms with Crippen LogP contribution in [0.15, 0.2) is 39.5 Å². The number of hydrogen-bond donors (Lipinski definition) is 1. The number of nitrogens with one attached hydrogen (secondary N) is 1. The lowest BCUT2D eigenvalue weighted by atomic mass is 10.4. The summed E-state index contributed by atoms with van der Waals surface area (Å²) in [6.07, 6.45) is 5.98. The zero-order valence-electron chi connectivity index (χ0n) is 10.4. The van der Waals surface area contributed by atoms with E-state index in [9.17, 15) is 0 Å². The monoisotopic (exact) mass is 322 g/mol. The molecule has 0 aromatic carbocycles. The number of furan rings is 1. The summed E-state index contributed by atoms with van der Waals surface area (Å²) in [5.41, 5.74) is 0. The highest BCUT2D eigenvalue weighted by Crippen LogP contribution is 2.20. The number of halogens is 1. The Hall–Kier alpha value is -1.33. The fraction of sp³-hybridized carbons (Fsp3) is 0.357. The molecule has 19 heavy (non-hydrogen) atoms. The summed E-state index contributed by atoms with van der Waals surface area (Å²) in [6, 6.07) is 6.52. The first-order valence-electron chi connectivity index (χ1n) is 6.34. The highest BCUT2D eigenvalue weighted by atomic mass is 79.9. The second-order valence-electron chi connectivity index (χ2n) is 4.65. The van der Waals surface area contributed by atoms with Crippen molar-refractivity contribution in [3.63, 3.8) is 0 Å². The zero-order chi connectivity index (χ0) is 13.1. The van der Waals surface area contributed by atoms with E-state index in [0.29, 0.717) is 12.6 Å². The summed E-state index contributed by atoms with van der Waals surface area (Å²) in [6.45, 7) is 1.21. The van der Waals surface area contributed by atoms with E-state index in [1.807, 2.05) is 18.2 Å². The minimum absolute atomic E-state index is 0.418. The van der Waals surface area contributed by atoms with Crippen LogP contribution in [0, 0.1) is 0 Å². The van der Waals surface area contributed by atoms with Gasteiger partial charge in [-0.25, -0.2) is 0 Å². The molecule has 5 heteroatoms. The summed E-state index contributed by atoms with van der Waals surface area (Å²) < 4.78 is 12.2. The summed E-state index contributed by atoms with van der Waals surface area (Å²) in [7, 11) is 0. The lowest BCUT2D eigenvalue weighted by Crippen LogP contribution is -2.14. The number of hydrogen-bond acceptors (Lipinski definition) is 4. The van der Waals surface area contributed by atoms with Crippen LogP contribution < -0.4 is 10.1 Å². The third-order valence-corrected chi connectivity index (χ3v) is 3.35. The molecule has 1 saturated carbocycles. The topological polar surface area (TPSA) is 47.3 Å². The van der Waals surface area contributed by atoms with E-state index in [0.717, 1.165) is 28.3 Å². The van der Waals surface area contributed by atoms with Crippen molar-refractivity contribution >= 4 is 15.9 Å². The highest BCUT2D eigenvalue weighted by molar-refractivity contribution is 9.10. The van der Waals surface area contributed by atoms with Crippen LogP contribution in [-0.4, -0.2) is 11.0 Å². The largest absolute Gasteiger partial charge is 0.484 e. The first-order chi connectivity index (χ1) is 9.29. The maximum atomic E-state index is 5.69. The van der Waals surface area contributed by atoms with Crippen molar-refractivity contribution in [3.8, 4) is 5.75 Å². The molecular formula is C14H15BrN2O2. The van der Waals surface area contributed by atoms with Crippen molar-refractivity contribution in [2.45, 2.75) is 32.0 Å². The normalized spacial score (nSPS) is 14.6. The van der Waals surface area contributed by atoms with Crippen LogP contribution in [0.4, 0.5) is 0 Å². The van der Waals surface area contributed by atoms with E-state index < -0.39 is 0 Å². The molecule has 0 amide bonds. The third kappa shape index (κ3) is 3.81. The molecule has 0 saturated heterocycles. The Bertz CT molecular complexity index is 552. The minimum Gasteiger partial charge on any atom is -0.484 e. The lowest BCUT2D eigenvalue weighted by molar-refractivity contribution is 0.264. The molecule has 2 aromatic rings. The molecule has 3 rings (SSSR count). The molecule has 100 valence electrons. The van der Waals surface area contributed by atoms with Crippen molar-refractivity contribution in [3.05, 3.63) is 46.6 Å².